The molecule has 2 aromatic carbocycles. The van der Waals surface area contributed by atoms with Crippen molar-refractivity contribution in [3.63, 3.8) is 0 Å². The quantitative estimate of drug-likeness (QED) is 0.861. The average molecular weight is 257 g/mol. The van der Waals surface area contributed by atoms with Crippen molar-refractivity contribution in [2.75, 3.05) is 0 Å². The molecule has 2 aromatic rings. The Kier molecular flexibility index (Phi) is 4.33. The molecule has 0 aliphatic rings. The molecule has 0 unspecified atom stereocenters. The first-order chi connectivity index (χ1) is 9.06. The maximum absolute atomic E-state index is 13.0. The van der Waals surface area contributed by atoms with Crippen LogP contribution in [0.25, 0.3) is 0 Å². The molecule has 19 heavy (non-hydrogen) atoms. The van der Waals surface area contributed by atoms with Gasteiger partial charge in [0.15, 0.2) is 0 Å². The molecule has 1 nitrogen and oxygen atoms in total. The second-order valence-corrected chi connectivity index (χ2v) is 5.09. The summed E-state index contributed by atoms with van der Waals surface area (Å²) in [6, 6.07) is 13.7. The van der Waals surface area contributed by atoms with E-state index in [4.69, 9.17) is 0 Å². The summed E-state index contributed by atoms with van der Waals surface area (Å²) in [7, 11) is 0. The molecule has 0 aliphatic heterocycles. The Labute approximate surface area is 114 Å². The number of halogens is 1. The summed E-state index contributed by atoms with van der Waals surface area (Å²) in [4.78, 5) is 0. The fourth-order valence-electron chi connectivity index (χ4n) is 2.18. The Bertz CT molecular complexity index is 563. The highest BCUT2D eigenvalue weighted by molar-refractivity contribution is 5.28. The third-order valence-electron chi connectivity index (χ3n) is 3.45. The molecule has 0 spiro atoms. The van der Waals surface area contributed by atoms with Crippen LogP contribution < -0.4 is 5.32 Å². The van der Waals surface area contributed by atoms with Crippen LogP contribution in [-0.2, 0) is 6.54 Å². The highest BCUT2D eigenvalue weighted by atomic mass is 19.1. The van der Waals surface area contributed by atoms with Gasteiger partial charge in [-0.2, -0.15) is 0 Å². The molecule has 100 valence electrons. The van der Waals surface area contributed by atoms with E-state index in [0.29, 0.717) is 0 Å². The van der Waals surface area contributed by atoms with Crippen molar-refractivity contribution in [1.82, 2.24) is 5.32 Å². The van der Waals surface area contributed by atoms with E-state index in [9.17, 15) is 4.39 Å². The minimum atomic E-state index is -0.173. The van der Waals surface area contributed by atoms with Crippen LogP contribution >= 0.6 is 0 Å². The summed E-state index contributed by atoms with van der Waals surface area (Å²) in [6.45, 7) is 6.94. The standard InChI is InChI=1S/C17H20FN/c1-12-5-4-6-15(9-12)14(3)19-11-16-7-8-17(18)10-13(16)2/h4-10,14,19H,11H2,1-3H3/t14-/m1/s1. The Hall–Kier alpha value is -1.67. The van der Waals surface area contributed by atoms with Gasteiger partial charge in [-0.1, -0.05) is 35.9 Å². The van der Waals surface area contributed by atoms with Gasteiger partial charge in [-0.15, -0.1) is 0 Å². The van der Waals surface area contributed by atoms with E-state index in [1.807, 2.05) is 13.0 Å². The summed E-state index contributed by atoms with van der Waals surface area (Å²) in [5.41, 5.74) is 4.67. The first-order valence-corrected chi connectivity index (χ1v) is 6.61. The fraction of sp³-hybridized carbons (Fsp3) is 0.294. The van der Waals surface area contributed by atoms with Gasteiger partial charge in [0.25, 0.3) is 0 Å². The number of benzene rings is 2. The van der Waals surface area contributed by atoms with Crippen molar-refractivity contribution < 1.29 is 4.39 Å². The number of hydrogen-bond acceptors (Lipinski definition) is 1. The van der Waals surface area contributed by atoms with Crippen molar-refractivity contribution in [2.45, 2.75) is 33.4 Å². The largest absolute Gasteiger partial charge is 0.306 e. The molecule has 0 fully saturated rings. The van der Waals surface area contributed by atoms with Crippen LogP contribution in [0.2, 0.25) is 0 Å². The van der Waals surface area contributed by atoms with Gasteiger partial charge in [-0.3, -0.25) is 0 Å². The summed E-state index contributed by atoms with van der Waals surface area (Å²) >= 11 is 0. The molecule has 0 heterocycles. The molecular weight excluding hydrogens is 237 g/mol. The second-order valence-electron chi connectivity index (χ2n) is 5.09. The third kappa shape index (κ3) is 3.65. The monoisotopic (exact) mass is 257 g/mol. The zero-order valence-electron chi connectivity index (χ0n) is 11.7. The van der Waals surface area contributed by atoms with Gasteiger partial charge >= 0.3 is 0 Å². The van der Waals surface area contributed by atoms with E-state index in [2.05, 4.69) is 43.4 Å². The van der Waals surface area contributed by atoms with Crippen LogP contribution in [0.1, 0.15) is 35.2 Å². The van der Waals surface area contributed by atoms with Gasteiger partial charge in [-0.05, 0) is 49.6 Å². The fourth-order valence-corrected chi connectivity index (χ4v) is 2.18. The van der Waals surface area contributed by atoms with Crippen LogP contribution in [0.4, 0.5) is 4.39 Å². The molecule has 2 heteroatoms. The van der Waals surface area contributed by atoms with Gasteiger partial charge in [-0.25, -0.2) is 4.39 Å². The Balaban J connectivity index is 2.02. The first kappa shape index (κ1) is 13.8. The Morgan fingerprint density at radius 1 is 1.11 bits per heavy atom. The normalized spacial score (nSPS) is 12.4. The van der Waals surface area contributed by atoms with E-state index in [-0.39, 0.29) is 11.9 Å². The zero-order chi connectivity index (χ0) is 13.8. The van der Waals surface area contributed by atoms with E-state index >= 15 is 0 Å². The smallest absolute Gasteiger partial charge is 0.123 e. The van der Waals surface area contributed by atoms with Gasteiger partial charge in [0.2, 0.25) is 0 Å². The maximum atomic E-state index is 13.0. The molecule has 0 radical (unpaired) electrons. The van der Waals surface area contributed by atoms with Gasteiger partial charge in [0.1, 0.15) is 5.82 Å². The molecule has 0 bridgehead atoms. The van der Waals surface area contributed by atoms with E-state index < -0.39 is 0 Å². The lowest BCUT2D eigenvalue weighted by atomic mass is 10.0. The minimum Gasteiger partial charge on any atom is -0.306 e. The third-order valence-corrected chi connectivity index (χ3v) is 3.45. The van der Waals surface area contributed by atoms with Crippen molar-refractivity contribution in [3.8, 4) is 0 Å². The van der Waals surface area contributed by atoms with Crippen molar-refractivity contribution in [2.24, 2.45) is 0 Å². The molecular formula is C17H20FN. The molecule has 2 rings (SSSR count). The molecule has 1 atom stereocenters. The predicted octanol–water partition coefficient (Wildman–Crippen LogP) is 4.29. The second kappa shape index (κ2) is 5.98. The Morgan fingerprint density at radius 2 is 1.89 bits per heavy atom. The topological polar surface area (TPSA) is 12.0 Å². The SMILES string of the molecule is Cc1cccc([C@@H](C)NCc2ccc(F)cc2C)c1. The van der Waals surface area contributed by atoms with Crippen molar-refractivity contribution in [3.05, 3.63) is 70.5 Å². The van der Waals surface area contributed by atoms with E-state index in [1.165, 1.54) is 17.2 Å². The van der Waals surface area contributed by atoms with Crippen molar-refractivity contribution in [1.29, 1.82) is 0 Å². The average Bonchev–Trinajstić information content (AvgIpc) is 2.37. The lowest BCUT2D eigenvalue weighted by molar-refractivity contribution is 0.571. The van der Waals surface area contributed by atoms with Crippen LogP contribution in [0.3, 0.4) is 0 Å². The van der Waals surface area contributed by atoms with Gasteiger partial charge < -0.3 is 5.32 Å². The zero-order valence-corrected chi connectivity index (χ0v) is 11.7. The molecule has 0 saturated carbocycles. The van der Waals surface area contributed by atoms with Crippen LogP contribution in [-0.4, -0.2) is 0 Å². The highest BCUT2D eigenvalue weighted by Crippen LogP contribution is 2.16. The molecule has 1 N–H and O–H groups in total. The van der Waals surface area contributed by atoms with Crippen LogP contribution in [0, 0.1) is 19.7 Å². The van der Waals surface area contributed by atoms with E-state index in [1.54, 1.807) is 6.07 Å². The lowest BCUT2D eigenvalue weighted by Gasteiger charge is -2.16. The highest BCUT2D eigenvalue weighted by Gasteiger charge is 2.06. The molecule has 0 amide bonds. The summed E-state index contributed by atoms with van der Waals surface area (Å²) in [6.07, 6.45) is 0. The molecule has 0 aliphatic carbocycles. The van der Waals surface area contributed by atoms with Gasteiger partial charge in [0.05, 0.1) is 0 Å². The van der Waals surface area contributed by atoms with E-state index in [0.717, 1.165) is 17.7 Å². The number of rotatable bonds is 4. The number of aryl methyl sites for hydroxylation is 2. The minimum absolute atomic E-state index is 0.173. The first-order valence-electron chi connectivity index (χ1n) is 6.61. The Morgan fingerprint density at radius 3 is 2.58 bits per heavy atom. The van der Waals surface area contributed by atoms with Crippen LogP contribution in [0.5, 0.6) is 0 Å². The summed E-state index contributed by atoms with van der Waals surface area (Å²) in [5, 5.41) is 3.48. The molecule has 0 saturated heterocycles. The summed E-state index contributed by atoms with van der Waals surface area (Å²) in [5.74, 6) is -0.173. The lowest BCUT2D eigenvalue weighted by Crippen LogP contribution is -2.18. The number of hydrogen-bond donors (Lipinski definition) is 1. The van der Waals surface area contributed by atoms with Gasteiger partial charge in [0, 0.05) is 12.6 Å². The number of nitrogens with one attached hydrogen (secondary N) is 1. The predicted molar refractivity (Wildman–Crippen MR) is 77.6 cm³/mol. The molecule has 0 aromatic heterocycles. The van der Waals surface area contributed by atoms with Crippen LogP contribution in [0.15, 0.2) is 42.5 Å². The van der Waals surface area contributed by atoms with Crippen molar-refractivity contribution >= 4 is 0 Å². The maximum Gasteiger partial charge on any atom is 0.123 e. The summed E-state index contributed by atoms with van der Waals surface area (Å²) < 4.78 is 13.0.